The number of carbonyl (C=O) groups excluding carboxylic acids is 3. The molecule has 0 spiro atoms. The molecule has 0 bridgehead atoms. The lowest BCUT2D eigenvalue weighted by atomic mass is 9.70. The van der Waals surface area contributed by atoms with E-state index in [-0.39, 0.29) is 116 Å². The van der Waals surface area contributed by atoms with E-state index in [9.17, 15) is 29.7 Å². The predicted octanol–water partition coefficient (Wildman–Crippen LogP) is 25.6. The average Bonchev–Trinajstić information content (AvgIpc) is 0.770. The summed E-state index contributed by atoms with van der Waals surface area (Å²) >= 11 is 0. The first-order valence-electron chi connectivity index (χ1n) is 38.8. The summed E-state index contributed by atoms with van der Waals surface area (Å²) in [5, 5.41) is 33.5. The topological polar surface area (TPSA) is 140 Å². The van der Waals surface area contributed by atoms with Crippen molar-refractivity contribution in [1.29, 1.82) is 0 Å². The van der Waals surface area contributed by atoms with Gasteiger partial charge in [-0.3, -0.25) is 14.4 Å². The molecule has 0 fully saturated rings. The molecular weight excluding hydrogens is 1270 g/mol. The van der Waals surface area contributed by atoms with Gasteiger partial charge in [0.05, 0.1) is 19.3 Å². The number of hydrogen-bond acceptors (Lipinski definition) is 9. The summed E-state index contributed by atoms with van der Waals surface area (Å²) in [6, 6.07) is 31.0. The van der Waals surface area contributed by atoms with Gasteiger partial charge in [0, 0.05) is 22.6 Å². The van der Waals surface area contributed by atoms with Crippen LogP contribution in [0.4, 0.5) is 0 Å². The second-order valence-electron chi connectivity index (χ2n) is 37.8. The summed E-state index contributed by atoms with van der Waals surface area (Å²) in [7, 11) is 0. The number of benzene rings is 6. The van der Waals surface area contributed by atoms with Crippen LogP contribution < -0.4 is 14.2 Å². The Balaban J connectivity index is 1.52. The minimum atomic E-state index is -0.480. The fourth-order valence-electron chi connectivity index (χ4n) is 14.9. The van der Waals surface area contributed by atoms with Gasteiger partial charge in [0.25, 0.3) is 0 Å². The Morgan fingerprint density at radius 2 is 0.563 bits per heavy atom. The van der Waals surface area contributed by atoms with Crippen molar-refractivity contribution in [3.63, 3.8) is 0 Å². The maximum atomic E-state index is 15.0. The van der Waals surface area contributed by atoms with Crippen LogP contribution in [0.2, 0.25) is 0 Å². The Labute approximate surface area is 624 Å². The smallest absolute Gasteiger partial charge is 0.311 e. The summed E-state index contributed by atoms with van der Waals surface area (Å²) in [6.07, 6.45) is 6.10. The first kappa shape index (κ1) is 85.1. The first-order valence-corrected chi connectivity index (χ1v) is 38.8. The van der Waals surface area contributed by atoms with Gasteiger partial charge in [-0.15, -0.1) is 0 Å². The predicted molar refractivity (Wildman–Crippen MR) is 430 cm³/mol. The van der Waals surface area contributed by atoms with E-state index in [2.05, 4.69) is 269 Å². The van der Waals surface area contributed by atoms with Crippen molar-refractivity contribution in [2.24, 2.45) is 16.2 Å². The van der Waals surface area contributed by atoms with Crippen LogP contribution in [0.5, 0.6) is 34.5 Å². The lowest BCUT2D eigenvalue weighted by molar-refractivity contribution is -0.136. The summed E-state index contributed by atoms with van der Waals surface area (Å²) < 4.78 is 20.2. The normalized spacial score (nSPS) is 14.6. The second-order valence-corrected chi connectivity index (χ2v) is 37.8. The summed E-state index contributed by atoms with van der Waals surface area (Å²) in [4.78, 5) is 44.7. The Morgan fingerprint density at radius 3 is 0.796 bits per heavy atom. The van der Waals surface area contributed by atoms with E-state index in [1.807, 2.05) is 18.2 Å². The number of carbonyl (C=O) groups is 3. The Bertz CT molecular complexity index is 3820. The first-order chi connectivity index (χ1) is 47.2. The zero-order valence-corrected chi connectivity index (χ0v) is 69.9. The maximum Gasteiger partial charge on any atom is 0.311 e. The molecule has 9 nitrogen and oxygen atoms in total. The van der Waals surface area contributed by atoms with E-state index in [4.69, 9.17) is 14.2 Å². The van der Waals surface area contributed by atoms with Gasteiger partial charge in [0.2, 0.25) is 0 Å². The van der Waals surface area contributed by atoms with Gasteiger partial charge in [-0.2, -0.15) is 0 Å². The lowest BCUT2D eigenvalue weighted by Gasteiger charge is -2.35. The minimum Gasteiger partial charge on any atom is -0.508 e. The van der Waals surface area contributed by atoms with Crippen LogP contribution in [-0.2, 0) is 46.9 Å². The van der Waals surface area contributed by atoms with Gasteiger partial charge < -0.3 is 29.5 Å². The molecule has 0 radical (unpaired) electrons. The average molecular weight is 1410 g/mol. The molecule has 103 heavy (non-hydrogen) atoms. The molecule has 4 unspecified atom stereocenters. The number of phenolic OH excluding ortho intramolecular Hbond substituents is 3. The van der Waals surface area contributed by atoms with E-state index in [0.29, 0.717) is 23.7 Å². The monoisotopic (exact) mass is 1410 g/mol. The van der Waals surface area contributed by atoms with Crippen LogP contribution in [-0.4, -0.2) is 33.2 Å². The molecule has 0 aromatic heterocycles. The molecule has 0 saturated carbocycles. The zero-order chi connectivity index (χ0) is 78.0. The minimum absolute atomic E-state index is 0.0588. The molecule has 0 saturated heterocycles. The van der Waals surface area contributed by atoms with Crippen LogP contribution in [0.1, 0.15) is 371 Å². The molecule has 6 aromatic rings. The van der Waals surface area contributed by atoms with Crippen LogP contribution in [0.25, 0.3) is 0 Å². The quantitative estimate of drug-likeness (QED) is 0.0309. The van der Waals surface area contributed by atoms with Crippen molar-refractivity contribution in [3.05, 3.63) is 174 Å². The molecule has 0 heterocycles. The van der Waals surface area contributed by atoms with E-state index in [0.717, 1.165) is 122 Å². The fourth-order valence-corrected chi connectivity index (χ4v) is 14.9. The van der Waals surface area contributed by atoms with Crippen molar-refractivity contribution in [1.82, 2.24) is 0 Å². The van der Waals surface area contributed by atoms with Gasteiger partial charge in [-0.05, 0) is 204 Å². The van der Waals surface area contributed by atoms with E-state index in [1.54, 1.807) is 18.2 Å². The van der Waals surface area contributed by atoms with Crippen LogP contribution in [0, 0.1) is 37.0 Å². The summed E-state index contributed by atoms with van der Waals surface area (Å²) in [6.45, 7) is 67.1. The highest BCUT2D eigenvalue weighted by atomic mass is 16.5. The second kappa shape index (κ2) is 32.1. The van der Waals surface area contributed by atoms with Crippen LogP contribution in [0.15, 0.2) is 91.0 Å². The molecule has 0 aliphatic rings. The third kappa shape index (κ3) is 19.8. The van der Waals surface area contributed by atoms with Gasteiger partial charge in [0.1, 0.15) is 34.5 Å². The van der Waals surface area contributed by atoms with Crippen molar-refractivity contribution in [3.8, 4) is 34.5 Å². The number of aryl methyl sites for hydroxylation is 3. The number of aromatic hydroxyl groups is 3. The van der Waals surface area contributed by atoms with Crippen molar-refractivity contribution < 1.29 is 43.9 Å². The highest BCUT2D eigenvalue weighted by molar-refractivity contribution is 5.77. The molecule has 0 aliphatic carbocycles. The molecule has 3 N–H and O–H groups in total. The van der Waals surface area contributed by atoms with Gasteiger partial charge in [0.15, 0.2) is 0 Å². The molecule has 6 rings (SSSR count). The highest BCUT2D eigenvalue weighted by Crippen LogP contribution is 2.51. The summed E-state index contributed by atoms with van der Waals surface area (Å²) in [5.41, 5.74) is 11.2. The highest BCUT2D eigenvalue weighted by Gasteiger charge is 2.40. The zero-order valence-electron chi connectivity index (χ0n) is 69.9. The van der Waals surface area contributed by atoms with E-state index in [1.165, 1.54) is 0 Å². The van der Waals surface area contributed by atoms with Crippen LogP contribution in [0.3, 0.4) is 0 Å². The standard InChI is InChI=1S/C94H136O9/c1-32-89(20,21)68(61-38-41-77(95)71(48-61)92(26,27)35-4)54-80(98)101-83-58(8)44-64(51-74(83)86(11,12)13)57(7)47-67(65-45-59(9)84(75(52-65)87(14,15)16)102-81(99)55-69(90(22,23)33-2)62-39-42-78(96)72(49-62)93(28,29)36-5)66-46-60(10)85(76(53-66)88(17,18)19)103-82(100)56-70(91(24,25)34-3)63-40-43-79(97)73(50-63)94(30,31)37-6/h38-46,48-53,57,67-70,95-97H,32-37,47,54-56H2,1-31H3. The SMILES string of the molecule is CCC(C)(C)c1cc(C(CC(=O)Oc2c(C)cc(C(C)CC(c3cc(C)c(OC(=O)CC(c4ccc(O)c(C(C)(C)CC)c4)C(C)(C)CC)c(C(C)(C)C)c3)c3cc(C)c(OC(=O)CC(c4ccc(O)c(C(C)(C)CC)c4)C(C)(C)CC)c(C(C)(C)C)c3)cc2C(C)(C)C)C(C)(C)CC)ccc1O. The van der Waals surface area contributed by atoms with Crippen molar-refractivity contribution >= 4 is 17.9 Å². The van der Waals surface area contributed by atoms with Crippen LogP contribution >= 0.6 is 0 Å². The van der Waals surface area contributed by atoms with Gasteiger partial charge in [-0.25, -0.2) is 0 Å². The van der Waals surface area contributed by atoms with E-state index < -0.39 is 16.2 Å². The Kier molecular flexibility index (Phi) is 26.5. The fraction of sp³-hybridized carbons (Fsp3) is 0.585. The molecule has 4 atom stereocenters. The van der Waals surface area contributed by atoms with Crippen molar-refractivity contribution in [2.75, 3.05) is 0 Å². The molecule has 0 aliphatic heterocycles. The maximum absolute atomic E-state index is 15.0. The number of rotatable bonds is 29. The van der Waals surface area contributed by atoms with Gasteiger partial charge >= 0.3 is 17.9 Å². The number of phenols is 3. The largest absolute Gasteiger partial charge is 0.508 e. The molecular formula is C94H136O9. The molecule has 0 amide bonds. The number of esters is 3. The lowest BCUT2D eigenvalue weighted by Crippen LogP contribution is -2.27. The Hall–Kier alpha value is -6.87. The van der Waals surface area contributed by atoms with Gasteiger partial charge in [-0.1, -0.05) is 286 Å². The molecule has 566 valence electrons. The van der Waals surface area contributed by atoms with E-state index >= 15 is 0 Å². The van der Waals surface area contributed by atoms with Crippen molar-refractivity contribution in [2.45, 2.75) is 341 Å². The summed E-state index contributed by atoms with van der Waals surface area (Å²) in [5.74, 6) is 0.678. The molecule has 6 aromatic carbocycles. The number of ether oxygens (including phenoxy) is 3. The molecule has 9 heteroatoms. The third-order valence-electron chi connectivity index (χ3n) is 24.7. The third-order valence-corrected chi connectivity index (χ3v) is 24.7. The Morgan fingerprint density at radius 1 is 0.330 bits per heavy atom. The number of hydrogen-bond donors (Lipinski definition) is 3.